The Balaban J connectivity index is 1.65. The number of hydrogen-bond donors (Lipinski definition) is 1. The molecule has 0 radical (unpaired) electrons. The first-order valence-corrected chi connectivity index (χ1v) is 6.83. The van der Waals surface area contributed by atoms with Gasteiger partial charge >= 0.3 is 0 Å². The Kier molecular flexibility index (Phi) is 3.00. The van der Waals surface area contributed by atoms with Gasteiger partial charge in [-0.1, -0.05) is 6.42 Å². The second-order valence-corrected chi connectivity index (χ2v) is 5.90. The van der Waals surface area contributed by atoms with E-state index in [4.69, 9.17) is 0 Å². The van der Waals surface area contributed by atoms with Crippen molar-refractivity contribution < 1.29 is 8.78 Å². The fraction of sp³-hybridized carbons (Fsp3) is 0.600. The quantitative estimate of drug-likeness (QED) is 0.852. The molecule has 3 rings (SSSR count). The molecule has 1 aromatic rings. The molecule has 1 aromatic carbocycles. The van der Waals surface area contributed by atoms with Crippen LogP contribution in [0.15, 0.2) is 12.1 Å². The van der Waals surface area contributed by atoms with Gasteiger partial charge in [0.2, 0.25) is 0 Å². The van der Waals surface area contributed by atoms with Crippen molar-refractivity contribution >= 4 is 5.69 Å². The zero-order valence-corrected chi connectivity index (χ0v) is 10.7. The molecule has 0 aliphatic heterocycles. The molecule has 0 spiro atoms. The zero-order chi connectivity index (χ0) is 12.7. The largest absolute Gasteiger partial charge is 0.382 e. The normalized spacial score (nSPS) is 29.8. The molecular weight excluding hydrogens is 232 g/mol. The van der Waals surface area contributed by atoms with Crippen molar-refractivity contribution in [2.24, 2.45) is 17.8 Å². The molecule has 0 amide bonds. The van der Waals surface area contributed by atoms with Gasteiger partial charge in [-0.05, 0) is 55.6 Å². The van der Waals surface area contributed by atoms with Crippen LogP contribution in [0.4, 0.5) is 14.5 Å². The van der Waals surface area contributed by atoms with Crippen molar-refractivity contribution in [3.05, 3.63) is 29.3 Å². The van der Waals surface area contributed by atoms with Crippen LogP contribution in [0.5, 0.6) is 0 Å². The van der Waals surface area contributed by atoms with Gasteiger partial charge in [-0.15, -0.1) is 0 Å². The molecule has 1 N–H and O–H groups in total. The van der Waals surface area contributed by atoms with Crippen LogP contribution in [0.3, 0.4) is 0 Å². The third-order valence-corrected chi connectivity index (χ3v) is 4.69. The van der Waals surface area contributed by atoms with Gasteiger partial charge in [0.15, 0.2) is 0 Å². The summed E-state index contributed by atoms with van der Waals surface area (Å²) in [6.45, 7) is 2.36. The van der Waals surface area contributed by atoms with E-state index in [2.05, 4.69) is 5.32 Å². The van der Waals surface area contributed by atoms with E-state index in [0.29, 0.717) is 17.2 Å². The maximum absolute atomic E-state index is 13.7. The van der Waals surface area contributed by atoms with Crippen LogP contribution in [0, 0.1) is 36.3 Å². The minimum absolute atomic E-state index is 0.306. The number of rotatable bonds is 3. The molecule has 2 aliphatic carbocycles. The highest BCUT2D eigenvalue weighted by molar-refractivity contribution is 5.46. The lowest BCUT2D eigenvalue weighted by Crippen LogP contribution is -2.20. The van der Waals surface area contributed by atoms with Crippen LogP contribution in [-0.4, -0.2) is 6.54 Å². The molecule has 2 bridgehead atoms. The summed E-state index contributed by atoms with van der Waals surface area (Å²) >= 11 is 0. The predicted octanol–water partition coefficient (Wildman–Crippen LogP) is 4.12. The fourth-order valence-electron chi connectivity index (χ4n) is 3.65. The van der Waals surface area contributed by atoms with E-state index in [0.717, 1.165) is 18.4 Å². The number of aryl methyl sites for hydroxylation is 1. The molecule has 2 fully saturated rings. The molecule has 0 aromatic heterocycles. The first-order chi connectivity index (χ1) is 8.63. The molecular formula is C15H19F2N. The van der Waals surface area contributed by atoms with Gasteiger partial charge in [0.05, 0.1) is 5.69 Å². The molecule has 0 heterocycles. The zero-order valence-electron chi connectivity index (χ0n) is 10.7. The maximum atomic E-state index is 13.7. The molecule has 2 aliphatic rings. The second kappa shape index (κ2) is 4.52. The number of halogens is 2. The summed E-state index contributed by atoms with van der Waals surface area (Å²) in [5.74, 6) is 1.65. The monoisotopic (exact) mass is 251 g/mol. The van der Waals surface area contributed by atoms with Crippen LogP contribution < -0.4 is 5.32 Å². The third-order valence-electron chi connectivity index (χ3n) is 4.69. The summed E-state index contributed by atoms with van der Waals surface area (Å²) in [6, 6.07) is 2.54. The van der Waals surface area contributed by atoms with Crippen molar-refractivity contribution in [1.29, 1.82) is 0 Å². The topological polar surface area (TPSA) is 12.0 Å². The van der Waals surface area contributed by atoms with Crippen molar-refractivity contribution in [3.8, 4) is 0 Å². The fourth-order valence-corrected chi connectivity index (χ4v) is 3.65. The standard InChI is InChI=1S/C15H19F2N/c1-9-4-14(17)15(7-13(9)16)18-8-12-6-10-2-3-11(12)5-10/h4,7,10-12,18H,2-3,5-6,8H2,1H3. The number of anilines is 1. The number of hydrogen-bond acceptors (Lipinski definition) is 1. The van der Waals surface area contributed by atoms with Crippen molar-refractivity contribution in [3.63, 3.8) is 0 Å². The van der Waals surface area contributed by atoms with Crippen molar-refractivity contribution in [1.82, 2.24) is 0 Å². The van der Waals surface area contributed by atoms with Crippen LogP contribution in [0.1, 0.15) is 31.2 Å². The predicted molar refractivity (Wildman–Crippen MR) is 68.5 cm³/mol. The van der Waals surface area contributed by atoms with E-state index >= 15 is 0 Å². The van der Waals surface area contributed by atoms with Gasteiger partial charge in [0.25, 0.3) is 0 Å². The maximum Gasteiger partial charge on any atom is 0.146 e. The lowest BCUT2D eigenvalue weighted by molar-refractivity contribution is 0.348. The highest BCUT2D eigenvalue weighted by Crippen LogP contribution is 2.48. The molecule has 1 nitrogen and oxygen atoms in total. The van der Waals surface area contributed by atoms with Gasteiger partial charge in [-0.2, -0.15) is 0 Å². The molecule has 3 unspecified atom stereocenters. The molecule has 2 saturated carbocycles. The van der Waals surface area contributed by atoms with Gasteiger partial charge in [0.1, 0.15) is 11.6 Å². The van der Waals surface area contributed by atoms with Crippen LogP contribution >= 0.6 is 0 Å². The Morgan fingerprint density at radius 1 is 1.17 bits per heavy atom. The summed E-state index contributed by atoms with van der Waals surface area (Å²) in [7, 11) is 0. The minimum Gasteiger partial charge on any atom is -0.382 e. The Morgan fingerprint density at radius 3 is 2.67 bits per heavy atom. The van der Waals surface area contributed by atoms with Gasteiger partial charge in [-0.25, -0.2) is 8.78 Å². The summed E-state index contributed by atoms with van der Waals surface area (Å²) in [5.41, 5.74) is 0.666. The summed E-state index contributed by atoms with van der Waals surface area (Å²) in [5, 5.41) is 3.09. The second-order valence-electron chi connectivity index (χ2n) is 5.90. The van der Waals surface area contributed by atoms with Crippen molar-refractivity contribution in [2.45, 2.75) is 32.6 Å². The van der Waals surface area contributed by atoms with E-state index in [9.17, 15) is 8.78 Å². The number of nitrogens with one attached hydrogen (secondary N) is 1. The van der Waals surface area contributed by atoms with Gasteiger partial charge < -0.3 is 5.32 Å². The van der Waals surface area contributed by atoms with E-state index in [1.165, 1.54) is 37.8 Å². The lowest BCUT2D eigenvalue weighted by atomic mass is 9.89. The molecule has 0 saturated heterocycles. The first-order valence-electron chi connectivity index (χ1n) is 6.83. The highest BCUT2D eigenvalue weighted by atomic mass is 19.1. The number of fused-ring (bicyclic) bond motifs is 2. The average Bonchev–Trinajstić information content (AvgIpc) is 2.94. The molecule has 3 heteroatoms. The smallest absolute Gasteiger partial charge is 0.146 e. The van der Waals surface area contributed by atoms with Gasteiger partial charge in [0, 0.05) is 12.6 Å². The van der Waals surface area contributed by atoms with E-state index in [-0.39, 0.29) is 11.6 Å². The Morgan fingerprint density at radius 2 is 2.00 bits per heavy atom. The summed E-state index contributed by atoms with van der Waals surface area (Å²) in [4.78, 5) is 0. The Bertz CT molecular complexity index is 458. The van der Waals surface area contributed by atoms with Crippen LogP contribution in [0.2, 0.25) is 0 Å². The Labute approximate surface area is 107 Å². The minimum atomic E-state index is -0.350. The van der Waals surface area contributed by atoms with E-state index < -0.39 is 0 Å². The van der Waals surface area contributed by atoms with E-state index in [1.54, 1.807) is 6.92 Å². The average molecular weight is 251 g/mol. The summed E-state index contributed by atoms with van der Waals surface area (Å²) in [6.07, 6.45) is 5.29. The Hall–Kier alpha value is -1.12. The van der Waals surface area contributed by atoms with Crippen molar-refractivity contribution in [2.75, 3.05) is 11.9 Å². The van der Waals surface area contributed by atoms with Crippen LogP contribution in [-0.2, 0) is 0 Å². The lowest BCUT2D eigenvalue weighted by Gasteiger charge is -2.22. The van der Waals surface area contributed by atoms with Gasteiger partial charge in [-0.3, -0.25) is 0 Å². The first kappa shape index (κ1) is 11.9. The third kappa shape index (κ3) is 2.11. The van der Waals surface area contributed by atoms with Crippen LogP contribution in [0.25, 0.3) is 0 Å². The van der Waals surface area contributed by atoms with E-state index in [1.807, 2.05) is 0 Å². The molecule has 98 valence electrons. The summed E-state index contributed by atoms with van der Waals surface area (Å²) < 4.78 is 27.1. The molecule has 18 heavy (non-hydrogen) atoms. The number of benzene rings is 1. The molecule has 3 atom stereocenters. The SMILES string of the molecule is Cc1cc(F)c(NCC2CC3CCC2C3)cc1F. The highest BCUT2D eigenvalue weighted by Gasteiger charge is 2.39.